The number of benzene rings is 1. The van der Waals surface area contributed by atoms with Crippen LogP contribution in [0.3, 0.4) is 0 Å². The lowest BCUT2D eigenvalue weighted by Crippen LogP contribution is -2.59. The molecule has 0 radical (unpaired) electrons. The van der Waals surface area contributed by atoms with Gasteiger partial charge in [0.25, 0.3) is 0 Å². The zero-order valence-electron chi connectivity index (χ0n) is 22.7. The van der Waals surface area contributed by atoms with Gasteiger partial charge in [-0.1, -0.05) is 70.9 Å². The van der Waals surface area contributed by atoms with Crippen LogP contribution in [-0.2, 0) is 25.7 Å². The van der Waals surface area contributed by atoms with Gasteiger partial charge in [0.15, 0.2) is 0 Å². The number of fused-ring (bicyclic) bond motifs is 1. The molecule has 3 aliphatic rings. The first-order valence-electron chi connectivity index (χ1n) is 14.0. The van der Waals surface area contributed by atoms with Gasteiger partial charge >= 0.3 is 0 Å². The molecule has 0 aliphatic carbocycles. The van der Waals surface area contributed by atoms with E-state index in [1.165, 1.54) is 0 Å². The fraction of sp³-hybridized carbons (Fsp3) is 0.690. The summed E-state index contributed by atoms with van der Waals surface area (Å²) in [6, 6.07) is 8.27. The monoisotopic (exact) mass is 513 g/mol. The Morgan fingerprint density at radius 3 is 2.46 bits per heavy atom. The molecule has 2 unspecified atom stereocenters. The molecular weight excluding hydrogens is 470 g/mol. The maximum absolute atomic E-state index is 14.2. The van der Waals surface area contributed by atoms with Crippen molar-refractivity contribution in [1.82, 2.24) is 15.5 Å². The van der Waals surface area contributed by atoms with Gasteiger partial charge in [-0.15, -0.1) is 0 Å². The summed E-state index contributed by atoms with van der Waals surface area (Å²) in [6.07, 6.45) is 4.65. The highest BCUT2D eigenvalue weighted by Gasteiger charge is 2.79. The van der Waals surface area contributed by atoms with Gasteiger partial charge in [0, 0.05) is 13.1 Å². The van der Waals surface area contributed by atoms with Crippen LogP contribution in [0.2, 0.25) is 0 Å². The molecule has 3 fully saturated rings. The number of carbonyl (C=O) groups is 3. The first-order chi connectivity index (χ1) is 17.8. The Morgan fingerprint density at radius 2 is 1.84 bits per heavy atom. The maximum Gasteiger partial charge on any atom is 0.245 e. The number of aliphatic hydroxyl groups is 1. The van der Waals surface area contributed by atoms with E-state index in [-0.39, 0.29) is 30.2 Å². The number of hydrogen-bond acceptors (Lipinski definition) is 5. The van der Waals surface area contributed by atoms with E-state index in [0.717, 1.165) is 24.8 Å². The zero-order valence-corrected chi connectivity index (χ0v) is 22.7. The smallest absolute Gasteiger partial charge is 0.245 e. The molecule has 8 nitrogen and oxygen atoms in total. The summed E-state index contributed by atoms with van der Waals surface area (Å²) in [5.74, 6) is -2.22. The largest absolute Gasteiger partial charge is 0.394 e. The molecule has 1 spiro atoms. The van der Waals surface area contributed by atoms with Gasteiger partial charge in [-0.3, -0.25) is 14.4 Å². The van der Waals surface area contributed by atoms with E-state index in [4.69, 9.17) is 4.74 Å². The summed E-state index contributed by atoms with van der Waals surface area (Å²) in [7, 11) is 0. The number of nitrogens with zero attached hydrogens (tertiary/aromatic N) is 1. The Labute approximate surface area is 220 Å². The van der Waals surface area contributed by atoms with Crippen LogP contribution < -0.4 is 10.6 Å². The highest BCUT2D eigenvalue weighted by Crippen LogP contribution is 2.64. The number of ether oxygens (including phenoxy) is 1. The van der Waals surface area contributed by atoms with Crippen molar-refractivity contribution >= 4 is 17.7 Å². The van der Waals surface area contributed by atoms with Crippen LogP contribution in [0.5, 0.6) is 0 Å². The van der Waals surface area contributed by atoms with Crippen molar-refractivity contribution in [3.63, 3.8) is 0 Å². The Hall–Kier alpha value is -2.45. The summed E-state index contributed by atoms with van der Waals surface area (Å²) in [6.45, 7) is 8.60. The Kier molecular flexibility index (Phi) is 8.29. The first kappa shape index (κ1) is 27.6. The number of carbonyl (C=O) groups excluding carboxylic acids is 3. The normalized spacial score (nSPS) is 31.0. The van der Waals surface area contributed by atoms with Crippen LogP contribution in [0.1, 0.15) is 71.8 Å². The summed E-state index contributed by atoms with van der Waals surface area (Å²) in [5.41, 5.74) is -0.872. The lowest BCUT2D eigenvalue weighted by atomic mass is 9.65. The van der Waals surface area contributed by atoms with E-state index in [0.29, 0.717) is 32.4 Å². The van der Waals surface area contributed by atoms with Crippen molar-refractivity contribution in [3.05, 3.63) is 35.9 Å². The van der Waals surface area contributed by atoms with Crippen LogP contribution in [0.15, 0.2) is 30.3 Å². The number of unbranched alkanes of at least 4 members (excludes halogenated alkanes) is 2. The van der Waals surface area contributed by atoms with Crippen LogP contribution in [0, 0.1) is 17.8 Å². The van der Waals surface area contributed by atoms with Crippen molar-refractivity contribution in [2.45, 2.75) is 96.1 Å². The van der Waals surface area contributed by atoms with Crippen molar-refractivity contribution in [3.8, 4) is 0 Å². The summed E-state index contributed by atoms with van der Waals surface area (Å²) in [4.78, 5) is 43.2. The molecule has 3 heterocycles. The molecule has 37 heavy (non-hydrogen) atoms. The first-order valence-corrected chi connectivity index (χ1v) is 14.0. The van der Waals surface area contributed by atoms with Gasteiger partial charge < -0.3 is 25.4 Å². The van der Waals surface area contributed by atoms with Crippen molar-refractivity contribution in [2.24, 2.45) is 17.8 Å². The molecule has 0 saturated carbocycles. The molecule has 1 aromatic carbocycles. The van der Waals surface area contributed by atoms with Crippen molar-refractivity contribution < 1.29 is 24.2 Å². The van der Waals surface area contributed by atoms with Crippen LogP contribution >= 0.6 is 0 Å². The molecule has 2 bridgehead atoms. The highest BCUT2D eigenvalue weighted by molar-refractivity contribution is 5.99. The third-order valence-electron chi connectivity index (χ3n) is 8.85. The maximum atomic E-state index is 14.2. The molecule has 3 amide bonds. The number of amides is 3. The van der Waals surface area contributed by atoms with E-state index < -0.39 is 35.1 Å². The number of aliphatic hydroxyl groups excluding tert-OH is 1. The van der Waals surface area contributed by atoms with Gasteiger partial charge in [-0.25, -0.2) is 0 Å². The van der Waals surface area contributed by atoms with Gasteiger partial charge in [0.05, 0.1) is 30.1 Å². The number of nitrogens with one attached hydrogen (secondary N) is 2. The number of likely N-dealkylation sites (tertiary alicyclic amines) is 1. The quantitative estimate of drug-likeness (QED) is 0.373. The second-order valence-corrected chi connectivity index (χ2v) is 11.3. The Bertz CT molecular complexity index is 985. The average Bonchev–Trinajstić information content (AvgIpc) is 3.50. The molecule has 1 aromatic rings. The van der Waals surface area contributed by atoms with E-state index >= 15 is 0 Å². The Morgan fingerprint density at radius 1 is 1.11 bits per heavy atom. The topological polar surface area (TPSA) is 108 Å². The zero-order chi connectivity index (χ0) is 26.8. The Balaban J connectivity index is 1.68. The number of rotatable bonds is 12. The molecule has 3 aliphatic heterocycles. The molecule has 6 atom stereocenters. The van der Waals surface area contributed by atoms with Gasteiger partial charge in [-0.2, -0.15) is 0 Å². The standard InChI is InChI=1S/C29H43N3O5/c1-5-7-11-16-30-26(35)24-29-15-14-28(6-2,37-29)22(25(34)31-17-20-12-9-8-10-13-20)23(29)27(36)32(24)21(18-33)19(3)4/h8-10,12-13,19,21-24,33H,5-7,11,14-18H2,1-4H3,(H,30,35)(H,31,34)/t21-,22+,23-,24?,28-,29?/m0/s1. The molecule has 0 aromatic heterocycles. The second kappa shape index (κ2) is 11.1. The van der Waals surface area contributed by atoms with E-state index in [9.17, 15) is 19.5 Å². The fourth-order valence-electron chi connectivity index (χ4n) is 6.91. The predicted octanol–water partition coefficient (Wildman–Crippen LogP) is 2.78. The minimum Gasteiger partial charge on any atom is -0.394 e. The predicted molar refractivity (Wildman–Crippen MR) is 140 cm³/mol. The highest BCUT2D eigenvalue weighted by atomic mass is 16.5. The van der Waals surface area contributed by atoms with Crippen molar-refractivity contribution in [1.29, 1.82) is 0 Å². The lowest BCUT2D eigenvalue weighted by Gasteiger charge is -2.38. The minimum atomic E-state index is -1.07. The number of hydrogen-bond donors (Lipinski definition) is 3. The van der Waals surface area contributed by atoms with E-state index in [2.05, 4.69) is 17.6 Å². The summed E-state index contributed by atoms with van der Waals surface area (Å²) >= 11 is 0. The molecule has 8 heteroatoms. The fourth-order valence-corrected chi connectivity index (χ4v) is 6.91. The van der Waals surface area contributed by atoms with E-state index in [1.807, 2.05) is 51.1 Å². The molecule has 204 valence electrons. The summed E-state index contributed by atoms with van der Waals surface area (Å²) < 4.78 is 6.78. The second-order valence-electron chi connectivity index (χ2n) is 11.3. The van der Waals surface area contributed by atoms with Gasteiger partial charge in [0.1, 0.15) is 11.6 Å². The molecule has 3 saturated heterocycles. The molecule has 3 N–H and O–H groups in total. The van der Waals surface area contributed by atoms with Gasteiger partial charge in [0.2, 0.25) is 17.7 Å². The SMILES string of the molecule is CCCCCNC(=O)C1N([C@@H](CO)C(C)C)C(=O)[C@@H]2[C@H](C(=O)NCc3ccccc3)[C@]3(CC)CCC12O3. The molecular formula is C29H43N3O5. The lowest BCUT2D eigenvalue weighted by molar-refractivity contribution is -0.152. The van der Waals surface area contributed by atoms with Crippen molar-refractivity contribution in [2.75, 3.05) is 13.2 Å². The third kappa shape index (κ3) is 4.67. The van der Waals surface area contributed by atoms with Crippen LogP contribution in [0.4, 0.5) is 0 Å². The third-order valence-corrected chi connectivity index (χ3v) is 8.85. The van der Waals surface area contributed by atoms with E-state index in [1.54, 1.807) is 4.90 Å². The van der Waals surface area contributed by atoms with Crippen LogP contribution in [-0.4, -0.2) is 64.2 Å². The minimum absolute atomic E-state index is 0.0674. The van der Waals surface area contributed by atoms with Gasteiger partial charge in [-0.05, 0) is 37.2 Å². The average molecular weight is 514 g/mol. The molecule has 4 rings (SSSR count). The van der Waals surface area contributed by atoms with Crippen LogP contribution in [0.25, 0.3) is 0 Å². The summed E-state index contributed by atoms with van der Waals surface area (Å²) in [5, 5.41) is 16.4.